The van der Waals surface area contributed by atoms with Crippen LogP contribution >= 0.6 is 0 Å². The van der Waals surface area contributed by atoms with Crippen LogP contribution < -0.4 is 10.6 Å². The topological polar surface area (TPSA) is 136 Å². The predicted octanol–water partition coefficient (Wildman–Crippen LogP) is 1.73. The summed E-state index contributed by atoms with van der Waals surface area (Å²) in [7, 11) is 1.21. The van der Waals surface area contributed by atoms with Crippen molar-refractivity contribution in [1.82, 2.24) is 20.4 Å². The molecule has 39 heavy (non-hydrogen) atoms. The molecule has 1 fully saturated rings. The molecule has 0 bridgehead atoms. The van der Waals surface area contributed by atoms with Crippen LogP contribution in [0.4, 0.5) is 13.2 Å². The lowest BCUT2D eigenvalue weighted by atomic mass is 9.89. The summed E-state index contributed by atoms with van der Waals surface area (Å²) < 4.78 is 39.5. The van der Waals surface area contributed by atoms with Crippen molar-refractivity contribution in [2.24, 2.45) is 5.92 Å². The minimum atomic E-state index is -5.26. The van der Waals surface area contributed by atoms with Crippen LogP contribution in [0.2, 0.25) is 0 Å². The van der Waals surface area contributed by atoms with Gasteiger partial charge in [-0.2, -0.15) is 13.2 Å². The Morgan fingerprint density at radius 2 is 1.62 bits per heavy atom. The van der Waals surface area contributed by atoms with Gasteiger partial charge in [-0.05, 0) is 31.2 Å². The van der Waals surface area contributed by atoms with Crippen LogP contribution in [0.3, 0.4) is 0 Å². The molecule has 1 aromatic carbocycles. The Morgan fingerprint density at radius 3 is 2.10 bits per heavy atom. The molecule has 1 aliphatic heterocycles. The van der Waals surface area contributed by atoms with E-state index >= 15 is 0 Å². The second-order valence-corrected chi connectivity index (χ2v) is 10.2. The summed E-state index contributed by atoms with van der Waals surface area (Å²) in [6.45, 7) is 5.17. The fourth-order valence-corrected chi connectivity index (χ4v) is 4.73. The maximum absolute atomic E-state index is 13.7. The van der Waals surface area contributed by atoms with Gasteiger partial charge in [0.15, 0.2) is 0 Å². The van der Waals surface area contributed by atoms with Crippen molar-refractivity contribution < 1.29 is 42.3 Å². The average Bonchev–Trinajstić information content (AvgIpc) is 3.37. The van der Waals surface area contributed by atoms with Crippen LogP contribution in [-0.4, -0.2) is 88.4 Å². The molecular formula is C26H35F3N4O6. The first-order valence-corrected chi connectivity index (χ1v) is 12.6. The number of amides is 4. The summed E-state index contributed by atoms with van der Waals surface area (Å²) in [5.74, 6) is -6.60. The monoisotopic (exact) mass is 556 g/mol. The van der Waals surface area contributed by atoms with Gasteiger partial charge in [0.2, 0.25) is 17.7 Å². The third-order valence-corrected chi connectivity index (χ3v) is 6.57. The highest BCUT2D eigenvalue weighted by atomic mass is 19.4. The number of hydrogen-bond acceptors (Lipinski definition) is 5. The number of benzene rings is 1. The van der Waals surface area contributed by atoms with Gasteiger partial charge in [0.1, 0.15) is 17.6 Å². The zero-order valence-corrected chi connectivity index (χ0v) is 22.4. The van der Waals surface area contributed by atoms with Crippen LogP contribution in [0.25, 0.3) is 0 Å². The number of likely N-dealkylation sites (N-methyl/N-ethyl adjacent to an activating group) is 1. The molecule has 0 spiro atoms. The highest BCUT2D eigenvalue weighted by Gasteiger charge is 2.48. The Morgan fingerprint density at radius 1 is 1.05 bits per heavy atom. The molecule has 216 valence electrons. The van der Waals surface area contributed by atoms with Gasteiger partial charge in [0.25, 0.3) is 0 Å². The van der Waals surface area contributed by atoms with Crippen LogP contribution in [-0.2, 0) is 30.4 Å². The minimum Gasteiger partial charge on any atom is -0.481 e. The first-order chi connectivity index (χ1) is 18.1. The van der Waals surface area contributed by atoms with E-state index in [2.05, 4.69) is 5.32 Å². The quantitative estimate of drug-likeness (QED) is 0.380. The Hall–Kier alpha value is -3.64. The van der Waals surface area contributed by atoms with Gasteiger partial charge in [0, 0.05) is 26.6 Å². The summed E-state index contributed by atoms with van der Waals surface area (Å²) in [4.78, 5) is 65.7. The van der Waals surface area contributed by atoms with Crippen molar-refractivity contribution >= 4 is 29.6 Å². The molecule has 0 aliphatic carbocycles. The molecule has 1 aromatic rings. The number of carboxylic acid groups (broad SMARTS) is 1. The summed E-state index contributed by atoms with van der Waals surface area (Å²) in [5.41, 5.74) is -1.63. The lowest BCUT2D eigenvalue weighted by Gasteiger charge is -2.38. The number of hydrogen-bond donors (Lipinski definition) is 3. The van der Waals surface area contributed by atoms with Gasteiger partial charge in [-0.15, -0.1) is 0 Å². The molecule has 3 N–H and O–H groups in total. The minimum absolute atomic E-state index is 0.305. The third kappa shape index (κ3) is 8.42. The number of carbonyl (C=O) groups excluding carboxylic acids is 4. The molecule has 1 heterocycles. The summed E-state index contributed by atoms with van der Waals surface area (Å²) in [6.07, 6.45) is -4.76. The van der Waals surface area contributed by atoms with Gasteiger partial charge in [0.05, 0.1) is 6.42 Å². The number of carbonyl (C=O) groups is 5. The van der Waals surface area contributed by atoms with Gasteiger partial charge in [-0.25, -0.2) is 0 Å². The molecule has 0 aromatic heterocycles. The van der Waals surface area contributed by atoms with E-state index in [1.807, 2.05) is 0 Å². The molecule has 1 aliphatic rings. The number of rotatable bonds is 11. The average molecular weight is 557 g/mol. The van der Waals surface area contributed by atoms with Crippen molar-refractivity contribution in [3.05, 3.63) is 35.9 Å². The maximum Gasteiger partial charge on any atom is 0.471 e. The van der Waals surface area contributed by atoms with Gasteiger partial charge in [-0.3, -0.25) is 24.0 Å². The molecule has 3 atom stereocenters. The first-order valence-electron chi connectivity index (χ1n) is 12.6. The normalized spacial score (nSPS) is 16.7. The van der Waals surface area contributed by atoms with E-state index in [1.54, 1.807) is 49.5 Å². The third-order valence-electron chi connectivity index (χ3n) is 6.57. The van der Waals surface area contributed by atoms with Crippen LogP contribution in [0, 0.1) is 5.92 Å². The van der Waals surface area contributed by atoms with E-state index in [4.69, 9.17) is 0 Å². The van der Waals surface area contributed by atoms with Gasteiger partial charge >= 0.3 is 18.1 Å². The lowest BCUT2D eigenvalue weighted by Crippen LogP contribution is -2.64. The Balaban J connectivity index is 2.36. The van der Waals surface area contributed by atoms with Gasteiger partial charge < -0.3 is 25.5 Å². The molecule has 4 amide bonds. The van der Waals surface area contributed by atoms with Crippen molar-refractivity contribution in [2.45, 2.75) is 70.3 Å². The van der Waals surface area contributed by atoms with Crippen LogP contribution in [0.15, 0.2) is 30.3 Å². The number of carboxylic acids is 1. The molecule has 13 heteroatoms. The number of nitrogens with one attached hydrogen (secondary N) is 2. The number of alkyl halides is 3. The van der Waals surface area contributed by atoms with Crippen molar-refractivity contribution in [2.75, 3.05) is 20.1 Å². The number of aliphatic carboxylic acids is 1. The highest BCUT2D eigenvalue weighted by molar-refractivity contribution is 5.97. The van der Waals surface area contributed by atoms with E-state index in [0.29, 0.717) is 18.7 Å². The van der Waals surface area contributed by atoms with E-state index in [1.165, 1.54) is 11.9 Å². The van der Waals surface area contributed by atoms with Crippen molar-refractivity contribution in [3.63, 3.8) is 0 Å². The van der Waals surface area contributed by atoms with Crippen molar-refractivity contribution in [1.29, 1.82) is 0 Å². The summed E-state index contributed by atoms with van der Waals surface area (Å²) in [5, 5.41) is 13.5. The molecular weight excluding hydrogens is 521 g/mol. The zero-order valence-electron chi connectivity index (χ0n) is 22.4. The fourth-order valence-electron chi connectivity index (χ4n) is 4.73. The molecule has 10 nitrogen and oxygen atoms in total. The Labute approximate surface area is 224 Å². The molecule has 0 saturated carbocycles. The molecule has 0 radical (unpaired) electrons. The highest BCUT2D eigenvalue weighted by Crippen LogP contribution is 2.23. The standard InChI is InChI=1S/C26H35F3N4O6/c1-16(2)20(21(36)30-18(14-19(34)35)22(37)33-12-8-9-13-33)32(4)24(39)25(3,31-23(38)26(27,28)29)15-17-10-6-5-7-11-17/h5-7,10-11,16,18,20H,8-9,12-15H2,1-4H3,(H,30,36)(H,31,38)(H,34,35)/t18-,20-,25?/m0/s1. The van der Waals surface area contributed by atoms with Gasteiger partial charge in [-0.1, -0.05) is 44.2 Å². The van der Waals surface area contributed by atoms with Crippen molar-refractivity contribution in [3.8, 4) is 0 Å². The number of likely N-dealkylation sites (tertiary alicyclic amines) is 1. The molecule has 2 rings (SSSR count). The Kier molecular flexibility index (Phi) is 10.5. The number of nitrogens with zero attached hydrogens (tertiary/aromatic N) is 2. The van der Waals surface area contributed by atoms with E-state index in [9.17, 15) is 42.3 Å². The first kappa shape index (κ1) is 31.6. The fraction of sp³-hybridized carbons (Fsp3) is 0.577. The maximum atomic E-state index is 13.7. The Bertz CT molecular complexity index is 1060. The van der Waals surface area contributed by atoms with E-state index in [0.717, 1.165) is 24.7 Å². The lowest BCUT2D eigenvalue weighted by molar-refractivity contribution is -0.177. The van der Waals surface area contributed by atoms with E-state index in [-0.39, 0.29) is 6.42 Å². The number of halogens is 3. The SMILES string of the molecule is CC(C)[C@@H](C(=O)N[C@@H](CC(=O)O)C(=O)N1CCCC1)N(C)C(=O)C(C)(Cc1ccccc1)NC(=O)C(F)(F)F. The smallest absolute Gasteiger partial charge is 0.471 e. The van der Waals surface area contributed by atoms with Crippen LogP contribution in [0.1, 0.15) is 45.6 Å². The second kappa shape index (κ2) is 12.9. The summed E-state index contributed by atoms with van der Waals surface area (Å²) >= 11 is 0. The largest absolute Gasteiger partial charge is 0.481 e. The molecule has 1 unspecified atom stereocenters. The van der Waals surface area contributed by atoms with E-state index < -0.39 is 65.7 Å². The second-order valence-electron chi connectivity index (χ2n) is 10.2. The molecule has 1 saturated heterocycles. The zero-order chi connectivity index (χ0) is 29.5. The van der Waals surface area contributed by atoms with Crippen LogP contribution in [0.5, 0.6) is 0 Å². The summed E-state index contributed by atoms with van der Waals surface area (Å²) in [6, 6.07) is 5.41. The predicted molar refractivity (Wildman–Crippen MR) is 134 cm³/mol.